The number of H-pyrrole nitrogens is 1. The summed E-state index contributed by atoms with van der Waals surface area (Å²) in [5, 5.41) is 10.6. The molecule has 0 aliphatic carbocycles. The second-order valence-electron chi connectivity index (χ2n) is 5.80. The molecule has 1 aromatic carbocycles. The van der Waals surface area contributed by atoms with E-state index in [9.17, 15) is 9.59 Å². The molecule has 1 atom stereocenters. The van der Waals surface area contributed by atoms with Gasteiger partial charge in [0.2, 0.25) is 5.91 Å². The lowest BCUT2D eigenvalue weighted by molar-refractivity contribution is -0.127. The van der Waals surface area contributed by atoms with Crippen molar-refractivity contribution >= 4 is 22.8 Å². The van der Waals surface area contributed by atoms with Gasteiger partial charge in [-0.3, -0.25) is 9.59 Å². The fourth-order valence-electron chi connectivity index (χ4n) is 2.98. The molecule has 7 nitrogen and oxygen atoms in total. The van der Waals surface area contributed by atoms with E-state index in [0.29, 0.717) is 29.1 Å². The van der Waals surface area contributed by atoms with Gasteiger partial charge in [-0.15, -0.1) is 0 Å². The molecule has 1 aromatic heterocycles. The van der Waals surface area contributed by atoms with Crippen molar-refractivity contribution in [3.63, 3.8) is 0 Å². The first-order valence-corrected chi connectivity index (χ1v) is 7.36. The molecule has 1 N–H and O–H groups in total. The van der Waals surface area contributed by atoms with Gasteiger partial charge in [0.15, 0.2) is 0 Å². The lowest BCUT2D eigenvalue weighted by atomic mass is 10.1. The molecular weight excluding hydrogens is 282 g/mol. The summed E-state index contributed by atoms with van der Waals surface area (Å²) < 4.78 is 0. The molecule has 2 aromatic rings. The average Bonchev–Trinajstić information content (AvgIpc) is 3.14. The SMILES string of the molecule is CC(=O)N1CCC(CN(C)C(=O)c2cccc3n[nH]nc23)C1. The molecule has 1 saturated heterocycles. The third-order valence-corrected chi connectivity index (χ3v) is 4.19. The summed E-state index contributed by atoms with van der Waals surface area (Å²) >= 11 is 0. The number of benzene rings is 1. The van der Waals surface area contributed by atoms with E-state index in [1.165, 1.54) is 0 Å². The second-order valence-corrected chi connectivity index (χ2v) is 5.80. The zero-order chi connectivity index (χ0) is 15.7. The van der Waals surface area contributed by atoms with Crippen molar-refractivity contribution in [3.05, 3.63) is 23.8 Å². The molecule has 1 fully saturated rings. The molecule has 0 radical (unpaired) electrons. The van der Waals surface area contributed by atoms with Crippen LogP contribution in [-0.4, -0.2) is 63.7 Å². The zero-order valence-corrected chi connectivity index (χ0v) is 12.7. The van der Waals surface area contributed by atoms with Gasteiger partial charge in [0.05, 0.1) is 5.56 Å². The van der Waals surface area contributed by atoms with Gasteiger partial charge in [-0.2, -0.15) is 15.4 Å². The van der Waals surface area contributed by atoms with Crippen LogP contribution in [-0.2, 0) is 4.79 Å². The number of carbonyl (C=O) groups is 2. The van der Waals surface area contributed by atoms with Crippen molar-refractivity contribution in [2.45, 2.75) is 13.3 Å². The highest BCUT2D eigenvalue weighted by Crippen LogP contribution is 2.20. The van der Waals surface area contributed by atoms with Crippen LogP contribution in [0.5, 0.6) is 0 Å². The molecular formula is C15H19N5O2. The van der Waals surface area contributed by atoms with Gasteiger partial charge in [0.25, 0.3) is 5.91 Å². The number of aromatic amines is 1. The molecule has 1 unspecified atom stereocenters. The van der Waals surface area contributed by atoms with E-state index in [-0.39, 0.29) is 11.8 Å². The van der Waals surface area contributed by atoms with E-state index >= 15 is 0 Å². The number of aromatic nitrogens is 3. The maximum absolute atomic E-state index is 12.6. The van der Waals surface area contributed by atoms with Crippen LogP contribution in [0.25, 0.3) is 11.0 Å². The topological polar surface area (TPSA) is 82.2 Å². The Morgan fingerprint density at radius 2 is 2.23 bits per heavy atom. The Balaban J connectivity index is 1.70. The standard InChI is InChI=1S/C15H19N5O2/c1-10(21)20-7-6-11(9-20)8-19(2)15(22)12-4-3-5-13-14(12)17-18-16-13/h3-5,11H,6-9H2,1-2H3,(H,16,17,18). The van der Waals surface area contributed by atoms with Crippen molar-refractivity contribution in [2.75, 3.05) is 26.7 Å². The highest BCUT2D eigenvalue weighted by Gasteiger charge is 2.27. The van der Waals surface area contributed by atoms with Gasteiger partial charge in [-0.05, 0) is 24.5 Å². The molecule has 2 amide bonds. The number of hydrogen-bond acceptors (Lipinski definition) is 4. The molecule has 0 saturated carbocycles. The highest BCUT2D eigenvalue weighted by atomic mass is 16.2. The summed E-state index contributed by atoms with van der Waals surface area (Å²) in [6.45, 7) is 3.72. The Morgan fingerprint density at radius 3 is 2.95 bits per heavy atom. The molecule has 22 heavy (non-hydrogen) atoms. The van der Waals surface area contributed by atoms with Crippen LogP contribution in [0.2, 0.25) is 0 Å². The van der Waals surface area contributed by atoms with Gasteiger partial charge in [-0.1, -0.05) is 6.07 Å². The van der Waals surface area contributed by atoms with Crippen LogP contribution < -0.4 is 0 Å². The highest BCUT2D eigenvalue weighted by molar-refractivity contribution is 6.04. The minimum atomic E-state index is -0.0687. The first kappa shape index (κ1) is 14.5. The fourth-order valence-corrected chi connectivity index (χ4v) is 2.98. The van der Waals surface area contributed by atoms with E-state index < -0.39 is 0 Å². The predicted molar refractivity (Wildman–Crippen MR) is 81.2 cm³/mol. The number of rotatable bonds is 3. The van der Waals surface area contributed by atoms with Crippen LogP contribution in [0, 0.1) is 5.92 Å². The summed E-state index contributed by atoms with van der Waals surface area (Å²) in [4.78, 5) is 27.5. The van der Waals surface area contributed by atoms with Crippen LogP contribution in [0.15, 0.2) is 18.2 Å². The number of nitrogens with one attached hydrogen (secondary N) is 1. The number of likely N-dealkylation sites (tertiary alicyclic amines) is 1. The minimum Gasteiger partial charge on any atom is -0.343 e. The quantitative estimate of drug-likeness (QED) is 0.913. The Bertz CT molecular complexity index is 711. The fraction of sp³-hybridized carbons (Fsp3) is 0.467. The summed E-state index contributed by atoms with van der Waals surface area (Å²) in [6, 6.07) is 5.39. The molecule has 0 bridgehead atoms. The van der Waals surface area contributed by atoms with Gasteiger partial charge in [0.1, 0.15) is 11.0 Å². The van der Waals surface area contributed by atoms with Crippen molar-refractivity contribution in [1.29, 1.82) is 0 Å². The number of carbonyl (C=O) groups excluding carboxylic acids is 2. The second kappa shape index (κ2) is 5.75. The summed E-state index contributed by atoms with van der Waals surface area (Å²) in [5.74, 6) is 0.360. The Kier molecular flexibility index (Phi) is 3.79. The van der Waals surface area contributed by atoms with Crippen molar-refractivity contribution in [1.82, 2.24) is 25.2 Å². The number of amides is 2. The normalized spacial score (nSPS) is 17.9. The van der Waals surface area contributed by atoms with Crippen molar-refractivity contribution in [2.24, 2.45) is 5.92 Å². The van der Waals surface area contributed by atoms with E-state index in [2.05, 4.69) is 15.4 Å². The van der Waals surface area contributed by atoms with Crippen LogP contribution in [0.4, 0.5) is 0 Å². The summed E-state index contributed by atoms with van der Waals surface area (Å²) in [5.41, 5.74) is 1.83. The van der Waals surface area contributed by atoms with E-state index in [1.54, 1.807) is 31.0 Å². The van der Waals surface area contributed by atoms with Crippen LogP contribution >= 0.6 is 0 Å². The smallest absolute Gasteiger partial charge is 0.255 e. The molecule has 1 aliphatic rings. The first-order valence-electron chi connectivity index (χ1n) is 7.36. The van der Waals surface area contributed by atoms with Crippen LogP contribution in [0.3, 0.4) is 0 Å². The van der Waals surface area contributed by atoms with Gasteiger partial charge in [0, 0.05) is 33.6 Å². The van der Waals surface area contributed by atoms with Gasteiger partial charge < -0.3 is 9.80 Å². The lowest BCUT2D eigenvalue weighted by Crippen LogP contribution is -2.34. The number of para-hydroxylation sites is 1. The molecule has 1 aliphatic heterocycles. The molecule has 3 rings (SSSR count). The molecule has 0 spiro atoms. The number of hydrogen-bond donors (Lipinski definition) is 1. The predicted octanol–water partition coefficient (Wildman–Crippen LogP) is 0.898. The zero-order valence-electron chi connectivity index (χ0n) is 12.7. The number of nitrogens with zero attached hydrogens (tertiary/aromatic N) is 4. The van der Waals surface area contributed by atoms with E-state index in [1.807, 2.05) is 11.0 Å². The molecule has 7 heteroatoms. The Hall–Kier alpha value is -2.44. The third kappa shape index (κ3) is 2.66. The monoisotopic (exact) mass is 301 g/mol. The first-order chi connectivity index (χ1) is 10.6. The maximum atomic E-state index is 12.6. The molecule has 116 valence electrons. The average molecular weight is 301 g/mol. The largest absolute Gasteiger partial charge is 0.343 e. The summed E-state index contributed by atoms with van der Waals surface area (Å²) in [6.07, 6.45) is 0.936. The number of fused-ring (bicyclic) bond motifs is 1. The Morgan fingerprint density at radius 1 is 1.41 bits per heavy atom. The van der Waals surface area contributed by atoms with Crippen molar-refractivity contribution in [3.8, 4) is 0 Å². The minimum absolute atomic E-state index is 0.0687. The maximum Gasteiger partial charge on any atom is 0.255 e. The summed E-state index contributed by atoms with van der Waals surface area (Å²) in [7, 11) is 1.79. The third-order valence-electron chi connectivity index (χ3n) is 4.19. The van der Waals surface area contributed by atoms with Crippen molar-refractivity contribution < 1.29 is 9.59 Å². The van der Waals surface area contributed by atoms with Crippen LogP contribution in [0.1, 0.15) is 23.7 Å². The molecule has 2 heterocycles. The van der Waals surface area contributed by atoms with Gasteiger partial charge >= 0.3 is 0 Å². The lowest BCUT2D eigenvalue weighted by Gasteiger charge is -2.21. The van der Waals surface area contributed by atoms with Gasteiger partial charge in [-0.25, -0.2) is 0 Å². The Labute approximate surface area is 128 Å². The van der Waals surface area contributed by atoms with E-state index in [4.69, 9.17) is 0 Å². The van der Waals surface area contributed by atoms with E-state index in [0.717, 1.165) is 19.5 Å².